The Morgan fingerprint density at radius 2 is 2.00 bits per heavy atom. The van der Waals surface area contributed by atoms with Gasteiger partial charge in [-0.2, -0.15) is 0 Å². The van der Waals surface area contributed by atoms with Gasteiger partial charge in [0.25, 0.3) is 0 Å². The number of anilines is 1. The average molecular weight is 281 g/mol. The third-order valence-corrected chi connectivity index (χ3v) is 4.18. The van der Waals surface area contributed by atoms with Gasteiger partial charge in [-0.1, -0.05) is 37.6 Å². The maximum absolute atomic E-state index is 4.66. The van der Waals surface area contributed by atoms with E-state index >= 15 is 0 Å². The van der Waals surface area contributed by atoms with Gasteiger partial charge in [-0.3, -0.25) is 0 Å². The third kappa shape index (κ3) is 3.07. The molecular weight excluding hydrogens is 258 g/mol. The van der Waals surface area contributed by atoms with Crippen LogP contribution in [0, 0.1) is 6.92 Å². The van der Waals surface area contributed by atoms with Crippen molar-refractivity contribution in [2.45, 2.75) is 45.4 Å². The maximum atomic E-state index is 4.66. The van der Waals surface area contributed by atoms with Crippen molar-refractivity contribution >= 4 is 5.82 Å². The zero-order valence-electron chi connectivity index (χ0n) is 12.9. The normalized spacial score (nSPS) is 14.8. The van der Waals surface area contributed by atoms with Crippen LogP contribution in [0.2, 0.25) is 0 Å². The van der Waals surface area contributed by atoms with Gasteiger partial charge in [0.2, 0.25) is 0 Å². The molecule has 1 aliphatic carbocycles. The lowest BCUT2D eigenvalue weighted by molar-refractivity contribution is 0.420. The summed E-state index contributed by atoms with van der Waals surface area (Å²) in [7, 11) is 0. The number of aryl methyl sites for hydroxylation is 1. The Morgan fingerprint density at radius 1 is 1.19 bits per heavy atom. The smallest absolute Gasteiger partial charge is 0.130 e. The molecule has 0 aliphatic heterocycles. The first-order chi connectivity index (χ1) is 10.3. The van der Waals surface area contributed by atoms with Crippen molar-refractivity contribution in [3.05, 3.63) is 41.7 Å². The van der Waals surface area contributed by atoms with E-state index in [0.29, 0.717) is 5.92 Å². The fourth-order valence-electron chi connectivity index (χ4n) is 2.85. The van der Waals surface area contributed by atoms with Crippen LogP contribution in [-0.2, 0) is 0 Å². The molecule has 2 aromatic rings. The molecule has 0 saturated heterocycles. The number of aromatic nitrogens is 2. The van der Waals surface area contributed by atoms with Gasteiger partial charge in [0.1, 0.15) is 11.6 Å². The van der Waals surface area contributed by atoms with E-state index in [1.54, 1.807) is 0 Å². The minimum Gasteiger partial charge on any atom is -0.370 e. The molecule has 0 spiro atoms. The second-order valence-electron chi connectivity index (χ2n) is 5.83. The molecule has 0 unspecified atom stereocenters. The van der Waals surface area contributed by atoms with E-state index in [-0.39, 0.29) is 0 Å². The molecule has 1 heterocycles. The van der Waals surface area contributed by atoms with E-state index in [1.807, 2.05) is 6.92 Å². The second kappa shape index (κ2) is 6.25. The Balaban J connectivity index is 1.97. The van der Waals surface area contributed by atoms with Gasteiger partial charge in [0.05, 0.1) is 5.69 Å². The van der Waals surface area contributed by atoms with Crippen LogP contribution in [0.1, 0.15) is 49.9 Å². The zero-order valence-corrected chi connectivity index (χ0v) is 12.9. The van der Waals surface area contributed by atoms with Crippen molar-refractivity contribution < 1.29 is 0 Å². The summed E-state index contributed by atoms with van der Waals surface area (Å²) in [6.45, 7) is 5.07. The van der Waals surface area contributed by atoms with Gasteiger partial charge in [-0.15, -0.1) is 0 Å². The molecule has 110 valence electrons. The van der Waals surface area contributed by atoms with Gasteiger partial charge >= 0.3 is 0 Å². The standard InChI is InChI=1S/C18H23N3/c1-3-11-19-18-12-17(20-13(2)21-18)16-10-5-4-9-15(16)14-7-6-8-14/h4-5,9-10,12,14H,3,6-8,11H2,1-2H3,(H,19,20,21). The molecule has 0 bridgehead atoms. The number of rotatable bonds is 5. The zero-order chi connectivity index (χ0) is 14.7. The molecule has 0 atom stereocenters. The number of hydrogen-bond acceptors (Lipinski definition) is 3. The van der Waals surface area contributed by atoms with Gasteiger partial charge in [0.15, 0.2) is 0 Å². The molecule has 3 nitrogen and oxygen atoms in total. The van der Waals surface area contributed by atoms with Crippen molar-refractivity contribution in [3.63, 3.8) is 0 Å². The van der Waals surface area contributed by atoms with Crippen LogP contribution in [0.25, 0.3) is 11.3 Å². The summed E-state index contributed by atoms with van der Waals surface area (Å²) in [5, 5.41) is 3.37. The minimum atomic E-state index is 0.712. The van der Waals surface area contributed by atoms with Crippen LogP contribution in [0.3, 0.4) is 0 Å². The average Bonchev–Trinajstić information content (AvgIpc) is 2.43. The summed E-state index contributed by atoms with van der Waals surface area (Å²) in [6, 6.07) is 10.8. The largest absolute Gasteiger partial charge is 0.370 e. The van der Waals surface area contributed by atoms with Crippen molar-refractivity contribution in [3.8, 4) is 11.3 Å². The molecule has 1 aromatic carbocycles. The molecule has 1 N–H and O–H groups in total. The predicted octanol–water partition coefficient (Wildman–Crippen LogP) is 4.54. The SMILES string of the molecule is CCCNc1cc(-c2ccccc2C2CCC2)nc(C)n1. The molecule has 1 saturated carbocycles. The Kier molecular flexibility index (Phi) is 4.18. The van der Waals surface area contributed by atoms with Crippen LogP contribution < -0.4 is 5.32 Å². The lowest BCUT2D eigenvalue weighted by atomic mass is 9.78. The highest BCUT2D eigenvalue weighted by atomic mass is 15.0. The highest BCUT2D eigenvalue weighted by Gasteiger charge is 2.22. The summed E-state index contributed by atoms with van der Waals surface area (Å²) in [5.74, 6) is 2.47. The molecule has 3 rings (SSSR count). The topological polar surface area (TPSA) is 37.8 Å². The number of benzene rings is 1. The molecule has 3 heteroatoms. The lowest BCUT2D eigenvalue weighted by Crippen LogP contribution is -2.10. The van der Waals surface area contributed by atoms with E-state index in [1.165, 1.54) is 30.4 Å². The van der Waals surface area contributed by atoms with Crippen molar-refractivity contribution in [2.75, 3.05) is 11.9 Å². The number of nitrogens with one attached hydrogen (secondary N) is 1. The lowest BCUT2D eigenvalue weighted by Gasteiger charge is -2.27. The van der Waals surface area contributed by atoms with Crippen molar-refractivity contribution in [2.24, 2.45) is 0 Å². The van der Waals surface area contributed by atoms with Gasteiger partial charge in [0, 0.05) is 18.2 Å². The monoisotopic (exact) mass is 281 g/mol. The first kappa shape index (κ1) is 14.1. The third-order valence-electron chi connectivity index (χ3n) is 4.18. The molecule has 0 amide bonds. The highest BCUT2D eigenvalue weighted by molar-refractivity contribution is 5.67. The number of hydrogen-bond donors (Lipinski definition) is 1. The minimum absolute atomic E-state index is 0.712. The first-order valence-corrected chi connectivity index (χ1v) is 7.96. The Bertz CT molecular complexity index is 618. The van der Waals surface area contributed by atoms with Crippen LogP contribution in [-0.4, -0.2) is 16.5 Å². The molecular formula is C18H23N3. The van der Waals surface area contributed by atoms with Crippen LogP contribution >= 0.6 is 0 Å². The first-order valence-electron chi connectivity index (χ1n) is 7.96. The van der Waals surface area contributed by atoms with Crippen molar-refractivity contribution in [1.82, 2.24) is 9.97 Å². The summed E-state index contributed by atoms with van der Waals surface area (Å²) < 4.78 is 0. The summed E-state index contributed by atoms with van der Waals surface area (Å²) >= 11 is 0. The maximum Gasteiger partial charge on any atom is 0.130 e. The Morgan fingerprint density at radius 3 is 2.71 bits per heavy atom. The summed E-state index contributed by atoms with van der Waals surface area (Å²) in [6.07, 6.45) is 5.06. The predicted molar refractivity (Wildman–Crippen MR) is 87.6 cm³/mol. The van der Waals surface area contributed by atoms with Gasteiger partial charge in [-0.25, -0.2) is 9.97 Å². The van der Waals surface area contributed by atoms with E-state index in [9.17, 15) is 0 Å². The quantitative estimate of drug-likeness (QED) is 0.874. The molecule has 1 fully saturated rings. The molecule has 1 aromatic heterocycles. The molecule has 21 heavy (non-hydrogen) atoms. The summed E-state index contributed by atoms with van der Waals surface area (Å²) in [4.78, 5) is 9.15. The van der Waals surface area contributed by atoms with E-state index in [2.05, 4.69) is 52.5 Å². The fraction of sp³-hybridized carbons (Fsp3) is 0.444. The highest BCUT2D eigenvalue weighted by Crippen LogP contribution is 2.40. The second-order valence-corrected chi connectivity index (χ2v) is 5.83. The van der Waals surface area contributed by atoms with Crippen molar-refractivity contribution in [1.29, 1.82) is 0 Å². The van der Waals surface area contributed by atoms with Crippen LogP contribution in [0.5, 0.6) is 0 Å². The van der Waals surface area contributed by atoms with Crippen LogP contribution in [0.4, 0.5) is 5.82 Å². The van der Waals surface area contributed by atoms with E-state index in [0.717, 1.165) is 30.3 Å². The number of nitrogens with zero attached hydrogens (tertiary/aromatic N) is 2. The van der Waals surface area contributed by atoms with Crippen LogP contribution in [0.15, 0.2) is 30.3 Å². The van der Waals surface area contributed by atoms with Gasteiger partial charge < -0.3 is 5.32 Å². The summed E-state index contributed by atoms with van der Waals surface area (Å²) in [5.41, 5.74) is 3.76. The molecule has 1 aliphatic rings. The Hall–Kier alpha value is -1.90. The van der Waals surface area contributed by atoms with Gasteiger partial charge in [-0.05, 0) is 37.7 Å². The van der Waals surface area contributed by atoms with E-state index in [4.69, 9.17) is 0 Å². The molecule has 0 radical (unpaired) electrons. The van der Waals surface area contributed by atoms with E-state index < -0.39 is 0 Å². The fourth-order valence-corrected chi connectivity index (χ4v) is 2.85. The Labute approximate surface area is 126 Å².